The molecule has 1 atom stereocenters. The van der Waals surface area contributed by atoms with E-state index in [-0.39, 0.29) is 11.8 Å². The van der Waals surface area contributed by atoms with Gasteiger partial charge >= 0.3 is 0 Å². The highest BCUT2D eigenvalue weighted by molar-refractivity contribution is 5.91. The number of carbonyl (C=O) groups is 2. The monoisotopic (exact) mass is 288 g/mol. The Morgan fingerprint density at radius 1 is 1.10 bits per heavy atom. The zero-order valence-corrected chi connectivity index (χ0v) is 11.9. The lowest BCUT2D eigenvalue weighted by atomic mass is 9.64. The summed E-state index contributed by atoms with van der Waals surface area (Å²) in [6.07, 6.45) is 3.84. The molecule has 1 unspecified atom stereocenters. The van der Waals surface area contributed by atoms with Crippen LogP contribution in [0.3, 0.4) is 0 Å². The number of benzene rings is 1. The van der Waals surface area contributed by atoms with Crippen molar-refractivity contribution in [3.05, 3.63) is 35.9 Å². The molecule has 2 fully saturated rings. The van der Waals surface area contributed by atoms with E-state index < -0.39 is 11.5 Å². The molecular weight excluding hydrogens is 268 g/mol. The predicted molar refractivity (Wildman–Crippen MR) is 77.2 cm³/mol. The van der Waals surface area contributed by atoms with Gasteiger partial charge in [0.05, 0.1) is 5.41 Å². The zero-order valence-electron chi connectivity index (χ0n) is 11.9. The molecule has 3 rings (SSSR count). The maximum atomic E-state index is 12.5. The smallest absolute Gasteiger partial charge is 0.267 e. The molecule has 1 aromatic carbocycles. The summed E-state index contributed by atoms with van der Waals surface area (Å²) in [6.45, 7) is 0.611. The molecule has 5 heteroatoms. The van der Waals surface area contributed by atoms with Gasteiger partial charge in [0.25, 0.3) is 5.91 Å². The zero-order chi connectivity index (χ0) is 14.7. The van der Waals surface area contributed by atoms with E-state index in [1.54, 1.807) is 0 Å². The minimum Gasteiger partial charge on any atom is -0.368 e. The molecule has 21 heavy (non-hydrogen) atoms. The summed E-state index contributed by atoms with van der Waals surface area (Å²) in [5.74, 6) is -0.394. The van der Waals surface area contributed by atoms with Crippen molar-refractivity contribution in [2.45, 2.75) is 43.6 Å². The molecule has 2 N–H and O–H groups in total. The Labute approximate surface area is 124 Å². The van der Waals surface area contributed by atoms with E-state index in [0.29, 0.717) is 13.0 Å². The number of hydrogen-bond donors (Lipinski definition) is 2. The number of hydrogen-bond acceptors (Lipinski definition) is 3. The Bertz CT molecular complexity index is 520. The summed E-state index contributed by atoms with van der Waals surface area (Å²) in [7, 11) is 0. The van der Waals surface area contributed by atoms with E-state index in [9.17, 15) is 9.59 Å². The molecule has 0 spiro atoms. The van der Waals surface area contributed by atoms with Crippen LogP contribution in [-0.2, 0) is 19.7 Å². The molecule has 2 amide bonds. The van der Waals surface area contributed by atoms with Crippen LogP contribution in [-0.4, -0.2) is 24.5 Å². The van der Waals surface area contributed by atoms with Crippen molar-refractivity contribution in [1.82, 2.24) is 10.9 Å². The van der Waals surface area contributed by atoms with Gasteiger partial charge in [-0.2, -0.15) is 0 Å². The minimum absolute atomic E-state index is 0.133. The minimum atomic E-state index is -0.495. The summed E-state index contributed by atoms with van der Waals surface area (Å²) >= 11 is 0. The van der Waals surface area contributed by atoms with E-state index in [0.717, 1.165) is 31.2 Å². The molecule has 1 saturated heterocycles. The standard InChI is InChI=1S/C16H20N2O3/c19-14(13-8-4-11-21-13)17-18-15(20)16(9-5-10-16)12-6-2-1-3-7-12/h1-3,6-7,13H,4-5,8-11H2,(H,17,19)(H,18,20). The highest BCUT2D eigenvalue weighted by Gasteiger charge is 2.45. The van der Waals surface area contributed by atoms with Gasteiger partial charge in [0.15, 0.2) is 0 Å². The van der Waals surface area contributed by atoms with Gasteiger partial charge in [-0.05, 0) is 31.2 Å². The maximum absolute atomic E-state index is 12.5. The van der Waals surface area contributed by atoms with E-state index in [4.69, 9.17) is 4.74 Å². The molecule has 0 aromatic heterocycles. The van der Waals surface area contributed by atoms with Gasteiger partial charge in [0, 0.05) is 6.61 Å². The second kappa shape index (κ2) is 5.85. The molecule has 1 heterocycles. The molecule has 1 aromatic rings. The first kappa shape index (κ1) is 14.1. The number of carbonyl (C=O) groups excluding carboxylic acids is 2. The van der Waals surface area contributed by atoms with Gasteiger partial charge in [-0.1, -0.05) is 36.8 Å². The van der Waals surface area contributed by atoms with Crippen LogP contribution < -0.4 is 10.9 Å². The Hall–Kier alpha value is -1.88. The average molecular weight is 288 g/mol. The number of ether oxygens (including phenoxy) is 1. The third kappa shape index (κ3) is 2.65. The van der Waals surface area contributed by atoms with Crippen LogP contribution in [0.25, 0.3) is 0 Å². The molecule has 2 aliphatic rings. The second-order valence-corrected chi connectivity index (χ2v) is 5.75. The van der Waals surface area contributed by atoms with Crippen LogP contribution in [0, 0.1) is 0 Å². The summed E-state index contributed by atoms with van der Waals surface area (Å²) in [6, 6.07) is 9.76. The number of hydrazine groups is 1. The van der Waals surface area contributed by atoms with E-state index in [2.05, 4.69) is 10.9 Å². The molecule has 1 saturated carbocycles. The van der Waals surface area contributed by atoms with Crippen molar-refractivity contribution in [2.75, 3.05) is 6.61 Å². The maximum Gasteiger partial charge on any atom is 0.267 e. The predicted octanol–water partition coefficient (Wildman–Crippen LogP) is 1.43. The fourth-order valence-corrected chi connectivity index (χ4v) is 3.04. The molecule has 1 aliphatic carbocycles. The van der Waals surface area contributed by atoms with Crippen LogP contribution in [0.2, 0.25) is 0 Å². The van der Waals surface area contributed by atoms with Crippen LogP contribution in [0.15, 0.2) is 30.3 Å². The third-order valence-corrected chi connectivity index (χ3v) is 4.49. The Morgan fingerprint density at radius 2 is 1.86 bits per heavy atom. The number of amides is 2. The molecule has 0 radical (unpaired) electrons. The number of rotatable bonds is 3. The van der Waals surface area contributed by atoms with Crippen LogP contribution >= 0.6 is 0 Å². The van der Waals surface area contributed by atoms with Crippen molar-refractivity contribution >= 4 is 11.8 Å². The van der Waals surface area contributed by atoms with Crippen molar-refractivity contribution in [3.8, 4) is 0 Å². The van der Waals surface area contributed by atoms with Crippen molar-refractivity contribution in [3.63, 3.8) is 0 Å². The van der Waals surface area contributed by atoms with Gasteiger partial charge in [-0.25, -0.2) is 0 Å². The lowest BCUT2D eigenvalue weighted by Crippen LogP contribution is -2.55. The van der Waals surface area contributed by atoms with Gasteiger partial charge in [-0.15, -0.1) is 0 Å². The normalized spacial score (nSPS) is 23.1. The molecule has 112 valence electrons. The van der Waals surface area contributed by atoms with Crippen LogP contribution in [0.1, 0.15) is 37.7 Å². The van der Waals surface area contributed by atoms with E-state index >= 15 is 0 Å². The Balaban J connectivity index is 1.62. The van der Waals surface area contributed by atoms with Crippen molar-refractivity contribution in [1.29, 1.82) is 0 Å². The first-order valence-electron chi connectivity index (χ1n) is 7.50. The van der Waals surface area contributed by atoms with Gasteiger partial charge < -0.3 is 4.74 Å². The van der Waals surface area contributed by atoms with Crippen molar-refractivity contribution < 1.29 is 14.3 Å². The molecule has 5 nitrogen and oxygen atoms in total. The summed E-state index contributed by atoms with van der Waals surface area (Å²) < 4.78 is 5.29. The van der Waals surface area contributed by atoms with E-state index in [1.165, 1.54) is 0 Å². The van der Waals surface area contributed by atoms with Crippen LogP contribution in [0.4, 0.5) is 0 Å². The highest BCUT2D eigenvalue weighted by atomic mass is 16.5. The fourth-order valence-electron chi connectivity index (χ4n) is 3.04. The Kier molecular flexibility index (Phi) is 3.92. The fraction of sp³-hybridized carbons (Fsp3) is 0.500. The largest absolute Gasteiger partial charge is 0.368 e. The van der Waals surface area contributed by atoms with E-state index in [1.807, 2.05) is 30.3 Å². The average Bonchev–Trinajstić information content (AvgIpc) is 2.99. The SMILES string of the molecule is O=C(NNC(=O)C1(c2ccccc2)CCC1)C1CCCO1. The third-order valence-electron chi connectivity index (χ3n) is 4.49. The van der Waals surface area contributed by atoms with Gasteiger partial charge in [-0.3, -0.25) is 20.4 Å². The molecule has 1 aliphatic heterocycles. The first-order chi connectivity index (χ1) is 10.2. The Morgan fingerprint density at radius 3 is 2.43 bits per heavy atom. The first-order valence-corrected chi connectivity index (χ1v) is 7.50. The summed E-state index contributed by atoms with van der Waals surface area (Å²) in [5.41, 5.74) is 5.61. The lowest BCUT2D eigenvalue weighted by Gasteiger charge is -2.40. The molecule has 0 bridgehead atoms. The topological polar surface area (TPSA) is 67.4 Å². The second-order valence-electron chi connectivity index (χ2n) is 5.75. The van der Waals surface area contributed by atoms with Crippen LogP contribution in [0.5, 0.6) is 0 Å². The summed E-state index contributed by atoms with van der Waals surface area (Å²) in [4.78, 5) is 24.4. The molecular formula is C16H20N2O3. The van der Waals surface area contributed by atoms with Crippen molar-refractivity contribution in [2.24, 2.45) is 0 Å². The summed E-state index contributed by atoms with van der Waals surface area (Å²) in [5, 5.41) is 0. The van der Waals surface area contributed by atoms with Gasteiger partial charge in [0.2, 0.25) is 5.91 Å². The number of nitrogens with one attached hydrogen (secondary N) is 2. The highest BCUT2D eigenvalue weighted by Crippen LogP contribution is 2.43. The lowest BCUT2D eigenvalue weighted by molar-refractivity contribution is -0.138. The quantitative estimate of drug-likeness (QED) is 0.827. The van der Waals surface area contributed by atoms with Gasteiger partial charge in [0.1, 0.15) is 6.10 Å².